The van der Waals surface area contributed by atoms with Crippen LogP contribution < -0.4 is 5.73 Å². The van der Waals surface area contributed by atoms with Crippen molar-refractivity contribution >= 4 is 0 Å². The van der Waals surface area contributed by atoms with Crippen molar-refractivity contribution in [1.29, 1.82) is 0 Å². The predicted molar refractivity (Wildman–Crippen MR) is 86.9 cm³/mol. The zero-order chi connectivity index (χ0) is 14.2. The Balaban J connectivity index is 1.52. The van der Waals surface area contributed by atoms with E-state index >= 15 is 0 Å². The number of likely N-dealkylation sites (tertiary alicyclic amines) is 2. The zero-order valence-corrected chi connectivity index (χ0v) is 13.5. The molecule has 0 saturated carbocycles. The third-order valence-corrected chi connectivity index (χ3v) is 5.25. The molecule has 0 bridgehead atoms. The van der Waals surface area contributed by atoms with E-state index in [1.165, 1.54) is 84.2 Å². The maximum absolute atomic E-state index is 5.61. The van der Waals surface area contributed by atoms with Gasteiger partial charge in [0.2, 0.25) is 0 Å². The van der Waals surface area contributed by atoms with Crippen LogP contribution in [0.5, 0.6) is 0 Å². The van der Waals surface area contributed by atoms with Gasteiger partial charge in [0.1, 0.15) is 0 Å². The van der Waals surface area contributed by atoms with E-state index in [0.29, 0.717) is 0 Å². The number of hydrogen-bond acceptors (Lipinski definition) is 3. The van der Waals surface area contributed by atoms with E-state index in [1.807, 2.05) is 0 Å². The fourth-order valence-electron chi connectivity index (χ4n) is 3.82. The van der Waals surface area contributed by atoms with Gasteiger partial charge in [-0.25, -0.2) is 0 Å². The van der Waals surface area contributed by atoms with Gasteiger partial charge in [-0.1, -0.05) is 6.92 Å². The maximum atomic E-state index is 5.61. The van der Waals surface area contributed by atoms with Gasteiger partial charge in [0.25, 0.3) is 0 Å². The van der Waals surface area contributed by atoms with Gasteiger partial charge in [-0.2, -0.15) is 0 Å². The van der Waals surface area contributed by atoms with Crippen molar-refractivity contribution in [3.05, 3.63) is 0 Å². The van der Waals surface area contributed by atoms with Crippen molar-refractivity contribution in [3.8, 4) is 0 Å². The molecule has 0 spiro atoms. The third-order valence-electron chi connectivity index (χ3n) is 5.25. The second-order valence-corrected chi connectivity index (χ2v) is 7.12. The zero-order valence-electron chi connectivity index (χ0n) is 13.5. The molecule has 2 aliphatic heterocycles. The van der Waals surface area contributed by atoms with Crippen LogP contribution in [0.25, 0.3) is 0 Å². The van der Waals surface area contributed by atoms with Gasteiger partial charge < -0.3 is 15.5 Å². The van der Waals surface area contributed by atoms with Crippen molar-refractivity contribution in [2.24, 2.45) is 17.6 Å². The standard InChI is InChI=1S/C17H35N3/c1-16(6-9-18)5-4-12-19-13-7-17(8-14-19)15-20-10-2-3-11-20/h16-17H,2-15,18H2,1H3. The summed E-state index contributed by atoms with van der Waals surface area (Å²) < 4.78 is 0. The van der Waals surface area contributed by atoms with Gasteiger partial charge in [-0.3, -0.25) is 0 Å². The van der Waals surface area contributed by atoms with Gasteiger partial charge >= 0.3 is 0 Å². The third kappa shape index (κ3) is 5.71. The minimum atomic E-state index is 0.813. The molecule has 0 aromatic heterocycles. The lowest BCUT2D eigenvalue weighted by Crippen LogP contribution is -2.38. The van der Waals surface area contributed by atoms with Crippen molar-refractivity contribution in [2.75, 3.05) is 45.8 Å². The van der Waals surface area contributed by atoms with Crippen LogP contribution in [0.1, 0.15) is 51.9 Å². The first-order chi connectivity index (χ1) is 9.78. The van der Waals surface area contributed by atoms with Crippen molar-refractivity contribution in [3.63, 3.8) is 0 Å². The first-order valence-electron chi connectivity index (χ1n) is 8.92. The van der Waals surface area contributed by atoms with E-state index in [-0.39, 0.29) is 0 Å². The Labute approximate surface area is 125 Å². The van der Waals surface area contributed by atoms with Crippen LogP contribution >= 0.6 is 0 Å². The van der Waals surface area contributed by atoms with Crippen LogP contribution in [0.3, 0.4) is 0 Å². The van der Waals surface area contributed by atoms with E-state index in [0.717, 1.165) is 18.4 Å². The highest BCUT2D eigenvalue weighted by atomic mass is 15.2. The van der Waals surface area contributed by atoms with Gasteiger partial charge in [-0.15, -0.1) is 0 Å². The minimum absolute atomic E-state index is 0.813. The maximum Gasteiger partial charge on any atom is 0.00106 e. The summed E-state index contributed by atoms with van der Waals surface area (Å²) in [6.45, 7) is 11.3. The van der Waals surface area contributed by atoms with Gasteiger partial charge in [0.15, 0.2) is 0 Å². The van der Waals surface area contributed by atoms with Crippen molar-refractivity contribution < 1.29 is 0 Å². The van der Waals surface area contributed by atoms with Crippen LogP contribution in [0.2, 0.25) is 0 Å². The van der Waals surface area contributed by atoms with E-state index < -0.39 is 0 Å². The lowest BCUT2D eigenvalue weighted by atomic mass is 9.95. The quantitative estimate of drug-likeness (QED) is 0.742. The molecule has 2 N–H and O–H groups in total. The molecule has 0 amide bonds. The fourth-order valence-corrected chi connectivity index (χ4v) is 3.82. The second-order valence-electron chi connectivity index (χ2n) is 7.12. The average molecular weight is 281 g/mol. The van der Waals surface area contributed by atoms with Crippen molar-refractivity contribution in [1.82, 2.24) is 9.80 Å². The van der Waals surface area contributed by atoms with E-state index in [9.17, 15) is 0 Å². The molecular formula is C17H35N3. The Kier molecular flexibility index (Phi) is 7.32. The molecule has 3 heteroatoms. The average Bonchev–Trinajstić information content (AvgIpc) is 2.94. The molecule has 1 unspecified atom stereocenters. The topological polar surface area (TPSA) is 32.5 Å². The lowest BCUT2D eigenvalue weighted by molar-refractivity contribution is 0.151. The van der Waals surface area contributed by atoms with Gasteiger partial charge in [-0.05, 0) is 96.1 Å². The highest BCUT2D eigenvalue weighted by Crippen LogP contribution is 2.21. The molecule has 20 heavy (non-hydrogen) atoms. The Morgan fingerprint density at radius 1 is 1.00 bits per heavy atom. The van der Waals surface area contributed by atoms with Crippen LogP contribution in [0.15, 0.2) is 0 Å². The predicted octanol–water partition coefficient (Wildman–Crippen LogP) is 2.56. The molecule has 118 valence electrons. The fraction of sp³-hybridized carbons (Fsp3) is 1.00. The second kappa shape index (κ2) is 9.01. The number of rotatable bonds is 8. The molecular weight excluding hydrogens is 246 g/mol. The Bertz CT molecular complexity index is 243. The van der Waals surface area contributed by atoms with Crippen molar-refractivity contribution in [2.45, 2.75) is 51.9 Å². The summed E-state index contributed by atoms with van der Waals surface area (Å²) in [5.74, 6) is 1.79. The Morgan fingerprint density at radius 2 is 1.70 bits per heavy atom. The molecule has 0 aliphatic carbocycles. The highest BCUT2D eigenvalue weighted by Gasteiger charge is 2.22. The van der Waals surface area contributed by atoms with E-state index in [1.54, 1.807) is 0 Å². The van der Waals surface area contributed by atoms with Gasteiger partial charge in [0, 0.05) is 6.54 Å². The molecule has 0 aromatic rings. The number of hydrogen-bond donors (Lipinski definition) is 1. The van der Waals surface area contributed by atoms with Crippen LogP contribution in [-0.2, 0) is 0 Å². The SMILES string of the molecule is CC(CCN)CCCN1CCC(CN2CCCC2)CC1. The largest absolute Gasteiger partial charge is 0.330 e. The normalized spacial score (nSPS) is 24.3. The number of nitrogens with zero attached hydrogens (tertiary/aromatic N) is 2. The summed E-state index contributed by atoms with van der Waals surface area (Å²) in [4.78, 5) is 5.38. The molecule has 0 radical (unpaired) electrons. The summed E-state index contributed by atoms with van der Waals surface area (Å²) in [5.41, 5.74) is 5.61. The monoisotopic (exact) mass is 281 g/mol. The van der Waals surface area contributed by atoms with Gasteiger partial charge in [0.05, 0.1) is 0 Å². The van der Waals surface area contributed by atoms with Crippen LogP contribution in [0, 0.1) is 11.8 Å². The summed E-state index contributed by atoms with van der Waals surface area (Å²) >= 11 is 0. The van der Waals surface area contributed by atoms with Crippen LogP contribution in [0.4, 0.5) is 0 Å². The summed E-state index contributed by atoms with van der Waals surface area (Å²) in [5, 5.41) is 0. The summed E-state index contributed by atoms with van der Waals surface area (Å²) in [6.07, 6.45) is 9.62. The Morgan fingerprint density at radius 3 is 2.35 bits per heavy atom. The molecule has 1 atom stereocenters. The first kappa shape index (κ1) is 16.3. The molecule has 2 rings (SSSR count). The smallest absolute Gasteiger partial charge is 0.00106 e. The summed E-state index contributed by atoms with van der Waals surface area (Å²) in [7, 11) is 0. The molecule has 3 nitrogen and oxygen atoms in total. The van der Waals surface area contributed by atoms with Crippen LogP contribution in [-0.4, -0.2) is 55.6 Å². The minimum Gasteiger partial charge on any atom is -0.330 e. The first-order valence-corrected chi connectivity index (χ1v) is 8.92. The molecule has 2 aliphatic rings. The molecule has 2 fully saturated rings. The van der Waals surface area contributed by atoms with E-state index in [4.69, 9.17) is 5.73 Å². The lowest BCUT2D eigenvalue weighted by Gasteiger charge is -2.34. The Hall–Kier alpha value is -0.120. The highest BCUT2D eigenvalue weighted by molar-refractivity contribution is 4.77. The molecule has 2 heterocycles. The molecule has 0 aromatic carbocycles. The van der Waals surface area contributed by atoms with E-state index in [2.05, 4.69) is 16.7 Å². The number of piperidine rings is 1. The molecule has 2 saturated heterocycles. The number of nitrogens with two attached hydrogens (primary N) is 1. The summed E-state index contributed by atoms with van der Waals surface area (Å²) in [6, 6.07) is 0.